The van der Waals surface area contributed by atoms with Crippen molar-refractivity contribution in [3.05, 3.63) is 58.7 Å². The summed E-state index contributed by atoms with van der Waals surface area (Å²) in [5, 5.41) is 20.9. The van der Waals surface area contributed by atoms with Gasteiger partial charge in [0.25, 0.3) is 0 Å². The van der Waals surface area contributed by atoms with Crippen LogP contribution in [0.15, 0.2) is 36.4 Å². The van der Waals surface area contributed by atoms with Crippen LogP contribution in [-0.2, 0) is 25.4 Å². The maximum atomic E-state index is 13.0. The predicted molar refractivity (Wildman–Crippen MR) is 135 cm³/mol. The summed E-state index contributed by atoms with van der Waals surface area (Å²) in [4.78, 5) is 24.8. The van der Waals surface area contributed by atoms with Gasteiger partial charge in [-0.1, -0.05) is 38.1 Å². The number of aliphatic hydroxyl groups is 2. The summed E-state index contributed by atoms with van der Waals surface area (Å²) in [5.41, 5.74) is 3.90. The Labute approximate surface area is 221 Å². The monoisotopic (exact) mass is 526 g/mol. The van der Waals surface area contributed by atoms with Crippen molar-refractivity contribution in [3.8, 4) is 11.5 Å². The summed E-state index contributed by atoms with van der Waals surface area (Å²) >= 11 is 0. The van der Waals surface area contributed by atoms with Crippen molar-refractivity contribution in [3.63, 3.8) is 0 Å². The van der Waals surface area contributed by atoms with Gasteiger partial charge >= 0.3 is 6.16 Å². The molecule has 4 unspecified atom stereocenters. The standard InChI is InChI=1S/C29H34O9/c1-16(2)14-36-29(33)37-15-24-25(30)26(31)27(32)28(38-24)19-6-7-21(18-4-5-18)20(13-19)11-17-3-8-22-23(12-17)35-10-9-34-22/h3,6-8,12-13,16,18,24-26,28,30-31H,4-5,9-11,14-15H2,1-2H3. The molecule has 38 heavy (non-hydrogen) atoms. The first-order valence-electron chi connectivity index (χ1n) is 13.2. The second-order valence-electron chi connectivity index (χ2n) is 10.5. The highest BCUT2D eigenvalue weighted by Gasteiger charge is 2.45. The van der Waals surface area contributed by atoms with E-state index in [1.807, 2.05) is 50.2 Å². The molecule has 2 aromatic carbocycles. The Morgan fingerprint density at radius 1 is 1.03 bits per heavy atom. The maximum Gasteiger partial charge on any atom is 0.508 e. The number of ketones is 1. The van der Waals surface area contributed by atoms with Crippen molar-refractivity contribution in [1.29, 1.82) is 0 Å². The average molecular weight is 527 g/mol. The molecule has 2 heterocycles. The maximum absolute atomic E-state index is 13.0. The molecule has 1 saturated carbocycles. The molecule has 204 valence electrons. The third kappa shape index (κ3) is 5.95. The van der Waals surface area contributed by atoms with Gasteiger partial charge in [0.1, 0.15) is 44.2 Å². The first-order valence-corrected chi connectivity index (χ1v) is 13.2. The van der Waals surface area contributed by atoms with Crippen LogP contribution in [0.2, 0.25) is 0 Å². The normalized spacial score (nSPS) is 24.8. The number of hydrogen-bond acceptors (Lipinski definition) is 9. The lowest BCUT2D eigenvalue weighted by Crippen LogP contribution is -2.53. The highest BCUT2D eigenvalue weighted by Crippen LogP contribution is 2.43. The van der Waals surface area contributed by atoms with E-state index in [0.29, 0.717) is 31.1 Å². The van der Waals surface area contributed by atoms with Crippen LogP contribution in [0.5, 0.6) is 11.5 Å². The number of rotatable bonds is 8. The third-order valence-electron chi connectivity index (χ3n) is 6.95. The van der Waals surface area contributed by atoms with Crippen molar-refractivity contribution >= 4 is 11.9 Å². The van der Waals surface area contributed by atoms with Crippen molar-refractivity contribution in [2.45, 2.75) is 63.4 Å². The van der Waals surface area contributed by atoms with Crippen molar-refractivity contribution < 1.29 is 43.5 Å². The lowest BCUT2D eigenvalue weighted by molar-refractivity contribution is -0.190. The van der Waals surface area contributed by atoms with Gasteiger partial charge < -0.3 is 33.9 Å². The second kappa shape index (κ2) is 11.3. The lowest BCUT2D eigenvalue weighted by atomic mass is 9.89. The zero-order valence-electron chi connectivity index (χ0n) is 21.6. The van der Waals surface area contributed by atoms with E-state index in [1.165, 1.54) is 5.56 Å². The van der Waals surface area contributed by atoms with Crippen molar-refractivity contribution in [2.75, 3.05) is 26.4 Å². The van der Waals surface area contributed by atoms with E-state index in [4.69, 9.17) is 23.7 Å². The van der Waals surface area contributed by atoms with Gasteiger partial charge in [-0.25, -0.2) is 4.79 Å². The van der Waals surface area contributed by atoms with E-state index in [9.17, 15) is 19.8 Å². The van der Waals surface area contributed by atoms with Gasteiger partial charge in [0.15, 0.2) is 17.3 Å². The second-order valence-corrected chi connectivity index (χ2v) is 10.5. The van der Waals surface area contributed by atoms with Crippen molar-refractivity contribution in [1.82, 2.24) is 0 Å². The fourth-order valence-corrected chi connectivity index (χ4v) is 4.81. The SMILES string of the molecule is CC(C)COC(=O)OCC1OC(c2ccc(C3CC3)c(Cc3ccc4c(c3)OCCO4)c2)C(=O)C(O)C1O. The van der Waals surface area contributed by atoms with Gasteiger partial charge in [0.2, 0.25) is 0 Å². The first kappa shape index (κ1) is 26.5. The highest BCUT2D eigenvalue weighted by atomic mass is 16.7. The Kier molecular flexibility index (Phi) is 7.88. The number of carbonyl (C=O) groups is 2. The van der Waals surface area contributed by atoms with E-state index in [2.05, 4.69) is 0 Å². The molecule has 9 nitrogen and oxygen atoms in total. The number of fused-ring (bicyclic) bond motifs is 1. The smallest absolute Gasteiger partial charge is 0.486 e. The van der Waals surface area contributed by atoms with Crippen LogP contribution in [0.4, 0.5) is 4.79 Å². The van der Waals surface area contributed by atoms with Crippen LogP contribution >= 0.6 is 0 Å². The fourth-order valence-electron chi connectivity index (χ4n) is 4.81. The fraction of sp³-hybridized carbons (Fsp3) is 0.517. The minimum absolute atomic E-state index is 0.137. The molecule has 0 radical (unpaired) electrons. The molecule has 0 aromatic heterocycles. The van der Waals surface area contributed by atoms with Crippen LogP contribution in [0.3, 0.4) is 0 Å². The van der Waals surface area contributed by atoms with E-state index < -0.39 is 36.4 Å². The molecule has 2 aliphatic heterocycles. The molecule has 0 bridgehead atoms. The molecule has 1 saturated heterocycles. The summed E-state index contributed by atoms with van der Waals surface area (Å²) in [6, 6.07) is 11.7. The third-order valence-corrected chi connectivity index (χ3v) is 6.95. The summed E-state index contributed by atoms with van der Waals surface area (Å²) in [5.74, 6) is 1.42. The Morgan fingerprint density at radius 3 is 2.53 bits per heavy atom. The highest BCUT2D eigenvalue weighted by molar-refractivity contribution is 5.89. The zero-order valence-corrected chi connectivity index (χ0v) is 21.6. The van der Waals surface area contributed by atoms with Gasteiger partial charge in [-0.2, -0.15) is 0 Å². The Hall–Kier alpha value is -3.14. The first-order chi connectivity index (χ1) is 18.3. The number of Topliss-reactive ketones (excluding diaryl/α,β-unsaturated/α-hetero) is 1. The molecule has 2 aromatic rings. The minimum atomic E-state index is -1.67. The van der Waals surface area contributed by atoms with Gasteiger partial charge in [-0.3, -0.25) is 4.79 Å². The summed E-state index contributed by atoms with van der Waals surface area (Å²) < 4.78 is 27.4. The minimum Gasteiger partial charge on any atom is -0.486 e. The summed E-state index contributed by atoms with van der Waals surface area (Å²) in [7, 11) is 0. The molecular weight excluding hydrogens is 492 g/mol. The molecule has 9 heteroatoms. The van der Waals surface area contributed by atoms with Crippen LogP contribution in [0.25, 0.3) is 0 Å². The lowest BCUT2D eigenvalue weighted by Gasteiger charge is -2.36. The van der Waals surface area contributed by atoms with Crippen LogP contribution in [0.1, 0.15) is 61.0 Å². The van der Waals surface area contributed by atoms with E-state index in [1.54, 1.807) is 0 Å². The number of carbonyl (C=O) groups excluding carboxylic acids is 2. The molecule has 0 spiro atoms. The molecule has 5 rings (SSSR count). The topological polar surface area (TPSA) is 121 Å². The Balaban J connectivity index is 1.35. The van der Waals surface area contributed by atoms with Gasteiger partial charge in [0.05, 0.1) is 6.61 Å². The Morgan fingerprint density at radius 2 is 1.79 bits per heavy atom. The van der Waals surface area contributed by atoms with E-state index in [-0.39, 0.29) is 19.1 Å². The molecule has 2 N–H and O–H groups in total. The van der Waals surface area contributed by atoms with E-state index >= 15 is 0 Å². The quantitative estimate of drug-likeness (QED) is 0.498. The largest absolute Gasteiger partial charge is 0.508 e. The van der Waals surface area contributed by atoms with Gasteiger partial charge in [-0.05, 0) is 65.5 Å². The Bertz CT molecular complexity index is 1170. The molecular formula is C29H34O9. The summed E-state index contributed by atoms with van der Waals surface area (Å²) in [6.07, 6.45) is -3.44. The molecule has 3 aliphatic rings. The molecule has 1 aliphatic carbocycles. The van der Waals surface area contributed by atoms with Crippen LogP contribution in [-0.4, -0.2) is 66.9 Å². The number of aliphatic hydroxyl groups excluding tert-OH is 2. The molecule has 2 fully saturated rings. The zero-order chi connectivity index (χ0) is 26.8. The summed E-state index contributed by atoms with van der Waals surface area (Å²) in [6.45, 7) is 4.66. The number of hydrogen-bond donors (Lipinski definition) is 2. The average Bonchev–Trinajstić information content (AvgIpc) is 3.75. The van der Waals surface area contributed by atoms with E-state index in [0.717, 1.165) is 35.5 Å². The predicted octanol–water partition coefficient (Wildman–Crippen LogP) is 3.47. The van der Waals surface area contributed by atoms with Crippen molar-refractivity contribution in [2.24, 2.45) is 5.92 Å². The van der Waals surface area contributed by atoms with Gasteiger partial charge in [0, 0.05) is 0 Å². The molecule has 0 amide bonds. The number of ether oxygens (including phenoxy) is 5. The van der Waals surface area contributed by atoms with Crippen LogP contribution in [0, 0.1) is 5.92 Å². The van der Waals surface area contributed by atoms with Crippen LogP contribution < -0.4 is 9.47 Å². The molecule has 4 atom stereocenters. The number of benzene rings is 2. The van der Waals surface area contributed by atoms with Gasteiger partial charge in [-0.15, -0.1) is 0 Å².